The maximum Gasteiger partial charge on any atom is 0.337 e. The summed E-state index contributed by atoms with van der Waals surface area (Å²) >= 11 is 0. The van der Waals surface area contributed by atoms with Gasteiger partial charge in [0, 0.05) is 104 Å². The smallest absolute Gasteiger partial charge is 0.337 e. The number of hydrogen-bond donors (Lipinski definition) is 0. The summed E-state index contributed by atoms with van der Waals surface area (Å²) < 4.78 is 113. The molecule has 0 aromatic heterocycles. The lowest BCUT2D eigenvalue weighted by molar-refractivity contribution is -0.331. The number of ether oxygens (including phenoxy) is 20. The van der Waals surface area contributed by atoms with Crippen molar-refractivity contribution in [3.05, 3.63) is 47.0 Å². The zero-order chi connectivity index (χ0) is 73.0. The highest BCUT2D eigenvalue weighted by atomic mass is 16.8. The topological polar surface area (TPSA) is 424 Å². The van der Waals surface area contributed by atoms with E-state index in [0.29, 0.717) is 0 Å². The summed E-state index contributed by atoms with van der Waals surface area (Å²) in [7, 11) is 2.14. The number of esters is 14. The molecule has 0 radical (unpaired) electrons. The average molecular weight is 1400 g/mol. The zero-order valence-electron chi connectivity index (χ0n) is 56.8. The molecule has 5 rings (SSSR count). The fourth-order valence-electron chi connectivity index (χ4n) is 11.9. The van der Waals surface area contributed by atoms with E-state index in [1.807, 2.05) is 0 Å². The molecule has 0 bridgehead atoms. The highest BCUT2D eigenvalue weighted by molar-refractivity contribution is 5.91. The van der Waals surface area contributed by atoms with E-state index in [1.165, 1.54) is 26.0 Å². The molecule has 5 aliphatic rings. The average Bonchev–Trinajstić information content (AvgIpc) is 0.985. The largest absolute Gasteiger partial charge is 0.468 e. The van der Waals surface area contributed by atoms with E-state index in [4.69, 9.17) is 94.7 Å². The summed E-state index contributed by atoms with van der Waals surface area (Å²) in [5.41, 5.74) is -0.292. The van der Waals surface area contributed by atoms with E-state index in [9.17, 15) is 67.1 Å². The Morgan fingerprint density at radius 2 is 0.806 bits per heavy atom. The molecular weight excluding hydrogens is 1310 g/mol. The maximum atomic E-state index is 14.6. The molecule has 0 aromatic rings. The minimum Gasteiger partial charge on any atom is -0.468 e. The highest BCUT2D eigenvalue weighted by Gasteiger charge is 2.57. The Morgan fingerprint density at radius 3 is 1.15 bits per heavy atom. The Morgan fingerprint density at radius 1 is 0.449 bits per heavy atom. The van der Waals surface area contributed by atoms with Crippen molar-refractivity contribution >= 4 is 83.6 Å². The van der Waals surface area contributed by atoms with Gasteiger partial charge in [-0.25, -0.2) is 9.59 Å². The summed E-state index contributed by atoms with van der Waals surface area (Å²) in [6.07, 6.45) is -17.1. The number of allylic oxidation sites excluding steroid dienone is 2. The Labute approximate surface area is 562 Å². The third-order valence-electron chi connectivity index (χ3n) is 16.0. The second-order valence-electron chi connectivity index (χ2n) is 23.1. The van der Waals surface area contributed by atoms with E-state index in [-0.39, 0.29) is 41.9 Å². The molecule has 98 heavy (non-hydrogen) atoms. The fraction of sp³-hybridized carbons (Fsp3) is 0.656. The van der Waals surface area contributed by atoms with Crippen molar-refractivity contribution in [2.75, 3.05) is 47.3 Å². The summed E-state index contributed by atoms with van der Waals surface area (Å²) in [6, 6.07) is 0. The fourth-order valence-corrected chi connectivity index (χ4v) is 11.9. The minimum atomic E-state index is -1.79. The molecule has 0 spiro atoms. The van der Waals surface area contributed by atoms with Crippen LogP contribution in [0.4, 0.5) is 0 Å². The number of hydrogen-bond acceptors (Lipinski definition) is 34. The first-order valence-corrected chi connectivity index (χ1v) is 31.0. The van der Waals surface area contributed by atoms with E-state index < -0.39 is 232 Å². The molecule has 4 heterocycles. The van der Waals surface area contributed by atoms with Crippen molar-refractivity contribution in [3.8, 4) is 0 Å². The van der Waals surface area contributed by atoms with Gasteiger partial charge in [-0.05, 0) is 32.1 Å². The first kappa shape index (κ1) is 79.7. The lowest BCUT2D eigenvalue weighted by Gasteiger charge is -2.45. The minimum absolute atomic E-state index is 0.0307. The number of rotatable bonds is 28. The Kier molecular flexibility index (Phi) is 30.1. The van der Waals surface area contributed by atoms with Gasteiger partial charge in [0.2, 0.25) is 25.2 Å². The summed E-state index contributed by atoms with van der Waals surface area (Å²) in [5, 5.41) is 0. The molecule has 544 valence electrons. The number of methoxy groups -OCH3 is 2. The van der Waals surface area contributed by atoms with Crippen LogP contribution in [-0.4, -0.2) is 211 Å². The van der Waals surface area contributed by atoms with Crippen LogP contribution in [0.3, 0.4) is 0 Å². The molecular formula is C64H84O34. The first-order chi connectivity index (χ1) is 46.2. The lowest BCUT2D eigenvalue weighted by Crippen LogP contribution is -2.63. The van der Waals surface area contributed by atoms with Gasteiger partial charge < -0.3 is 94.7 Å². The van der Waals surface area contributed by atoms with Gasteiger partial charge in [0.05, 0.1) is 70.6 Å². The molecule has 18 atom stereocenters. The van der Waals surface area contributed by atoms with E-state index in [2.05, 4.69) is 0 Å². The SMILES string of the molecule is C/C=C1/[C@H](O[C@@H]2O[C@H](COC(C)=O)[C@@H](OC(C)=O)[C@H](OC(C)=O)[C@H]2OC(C)=O)OC=C(C(=O)OC)[C@H]1CC(=O)OC[C@@H]1[C@H](C)[C@@H](OC(=O)C[C@@H]2C(C(=O)OC)=CO[C@@H](O[C@@H]3O[C@H](COC(C)=O)[C@@H](OC(C)=O)[C@H](OC(C)=O)[C@H]3OC(C)=O)/C2=C/C)C[C@H]1C(COC(C)=O)COC(C)=O. The van der Waals surface area contributed by atoms with Crippen LogP contribution in [0.2, 0.25) is 0 Å². The Bertz CT molecular complexity index is 3070. The second kappa shape index (κ2) is 37.1. The van der Waals surface area contributed by atoms with Crippen LogP contribution in [0.1, 0.15) is 109 Å². The number of carbonyl (C=O) groups is 14. The van der Waals surface area contributed by atoms with E-state index in [0.717, 1.165) is 96.0 Å². The van der Waals surface area contributed by atoms with Gasteiger partial charge in [0.15, 0.2) is 36.6 Å². The third-order valence-corrected chi connectivity index (χ3v) is 16.0. The van der Waals surface area contributed by atoms with Crippen LogP contribution in [0, 0.1) is 35.5 Å². The van der Waals surface area contributed by atoms with Gasteiger partial charge in [0.1, 0.15) is 31.5 Å². The molecule has 4 aliphatic heterocycles. The van der Waals surface area contributed by atoms with Gasteiger partial charge in [0.25, 0.3) is 0 Å². The van der Waals surface area contributed by atoms with Crippen LogP contribution >= 0.6 is 0 Å². The van der Waals surface area contributed by atoms with Crippen LogP contribution in [0.15, 0.2) is 47.0 Å². The molecule has 3 fully saturated rings. The van der Waals surface area contributed by atoms with Crippen LogP contribution < -0.4 is 0 Å². The Hall–Kier alpha value is -9.02. The van der Waals surface area contributed by atoms with Crippen molar-refractivity contribution in [1.82, 2.24) is 0 Å². The molecule has 0 amide bonds. The summed E-state index contributed by atoms with van der Waals surface area (Å²) in [6.45, 7) is 13.0. The second-order valence-corrected chi connectivity index (χ2v) is 23.1. The molecule has 0 unspecified atom stereocenters. The van der Waals surface area contributed by atoms with E-state index in [1.54, 1.807) is 6.92 Å². The van der Waals surface area contributed by atoms with Gasteiger partial charge in [-0.1, -0.05) is 19.1 Å². The predicted molar refractivity (Wildman–Crippen MR) is 318 cm³/mol. The maximum absolute atomic E-state index is 14.6. The van der Waals surface area contributed by atoms with Crippen molar-refractivity contribution in [3.63, 3.8) is 0 Å². The van der Waals surface area contributed by atoms with Crippen LogP contribution in [0.25, 0.3) is 0 Å². The monoisotopic (exact) mass is 1400 g/mol. The van der Waals surface area contributed by atoms with Crippen molar-refractivity contribution in [2.24, 2.45) is 35.5 Å². The molecule has 0 N–H and O–H groups in total. The van der Waals surface area contributed by atoms with Gasteiger partial charge in [-0.3, -0.25) is 57.5 Å². The van der Waals surface area contributed by atoms with Crippen molar-refractivity contribution in [1.29, 1.82) is 0 Å². The number of carbonyl (C=O) groups excluding carboxylic acids is 14. The standard InChI is InChI=1S/C64H84O34/c1-16-40-43(46(59(77)79-14)24-86-61(40)97-63-57(92-37(12)73)55(90-35(10)71)53(88-33(8)69)49(95-63)26-83-31(6)67)19-51(75)85-23-45-28(3)48(18-42(45)39(21-81-29(4)65)22-82-30(5)66)94-52(76)20-44-41(17-2)62(87-25-47(44)60(78)80-15)98-64-58(93-38(13)74)56(91-36(11)72)54(89-34(9)70)50(96-64)27-84-32(7)68/h16-17,24-25,28,39,42-45,48-50,53-58,61-64H,18-23,26-27H2,1-15H3/b40-16+,41-17+/t28-,42-,43-,44-,45+,48-,49+,50+,53+,54+,55-,56-,57+,58+,61-,62-,63-,64-/m0/s1. The van der Waals surface area contributed by atoms with Gasteiger partial charge >= 0.3 is 83.6 Å². The normalized spacial score (nSPS) is 29.6. The third kappa shape index (κ3) is 22.3. The summed E-state index contributed by atoms with van der Waals surface area (Å²) in [5.74, 6) is -17.9. The van der Waals surface area contributed by atoms with Gasteiger partial charge in [-0.15, -0.1) is 0 Å². The molecule has 34 heteroatoms. The first-order valence-electron chi connectivity index (χ1n) is 31.0. The van der Waals surface area contributed by atoms with Crippen LogP contribution in [0.5, 0.6) is 0 Å². The Balaban J connectivity index is 1.46. The molecule has 1 saturated carbocycles. The lowest BCUT2D eigenvalue weighted by atomic mass is 9.82. The van der Waals surface area contributed by atoms with Crippen LogP contribution in [-0.2, 0) is 162 Å². The quantitative estimate of drug-likeness (QED) is 0.0616. The molecule has 0 aromatic carbocycles. The molecule has 1 aliphatic carbocycles. The zero-order valence-corrected chi connectivity index (χ0v) is 56.8. The molecule has 2 saturated heterocycles. The van der Waals surface area contributed by atoms with Gasteiger partial charge in [-0.2, -0.15) is 0 Å². The van der Waals surface area contributed by atoms with E-state index >= 15 is 0 Å². The summed E-state index contributed by atoms with van der Waals surface area (Å²) in [4.78, 5) is 180. The predicted octanol–water partition coefficient (Wildman–Crippen LogP) is 2.39. The van der Waals surface area contributed by atoms with Crippen molar-refractivity contribution in [2.45, 2.75) is 189 Å². The van der Waals surface area contributed by atoms with Crippen molar-refractivity contribution < 1.29 is 162 Å². The molecule has 34 nitrogen and oxygen atoms in total. The highest BCUT2D eigenvalue weighted by Crippen LogP contribution is 2.46.